The fraction of sp³-hybridized carbons (Fsp3) is 0.423. The average molecular weight is 406 g/mol. The normalized spacial score (nSPS) is 17.6. The lowest BCUT2D eigenvalue weighted by Gasteiger charge is -2.41. The van der Waals surface area contributed by atoms with Crippen LogP contribution in [0, 0.1) is 0 Å². The first-order valence-corrected chi connectivity index (χ1v) is 10.9. The molecule has 0 radical (unpaired) electrons. The Hall–Kier alpha value is -2.59. The number of hydrogen-bond donors (Lipinski definition) is 1. The van der Waals surface area contributed by atoms with E-state index in [4.69, 9.17) is 0 Å². The maximum atomic E-state index is 13.0. The minimum atomic E-state index is -0.448. The molecule has 0 saturated carbocycles. The second kappa shape index (κ2) is 9.48. The molecule has 1 aliphatic heterocycles. The third-order valence-electron chi connectivity index (χ3n) is 6.08. The molecule has 4 heteroatoms. The Morgan fingerprint density at radius 2 is 1.87 bits per heavy atom. The van der Waals surface area contributed by atoms with E-state index in [1.54, 1.807) is 0 Å². The van der Waals surface area contributed by atoms with Crippen LogP contribution in [0.5, 0.6) is 0 Å². The lowest BCUT2D eigenvalue weighted by atomic mass is 9.92. The molecule has 0 aliphatic carbocycles. The summed E-state index contributed by atoms with van der Waals surface area (Å²) in [5, 5.41) is 3.24. The second-order valence-corrected chi connectivity index (χ2v) is 8.98. The fourth-order valence-corrected chi connectivity index (χ4v) is 4.02. The Balaban J connectivity index is 1.56. The van der Waals surface area contributed by atoms with Crippen molar-refractivity contribution in [2.75, 3.05) is 26.2 Å². The largest absolute Gasteiger partial charge is 0.329 e. The van der Waals surface area contributed by atoms with Gasteiger partial charge in [-0.1, -0.05) is 60.7 Å². The third kappa shape index (κ3) is 5.51. The summed E-state index contributed by atoms with van der Waals surface area (Å²) in [7, 11) is 0. The van der Waals surface area contributed by atoms with Crippen molar-refractivity contribution in [3.05, 3.63) is 77.9 Å². The van der Waals surface area contributed by atoms with Gasteiger partial charge < -0.3 is 10.2 Å². The van der Waals surface area contributed by atoms with Crippen molar-refractivity contribution in [1.29, 1.82) is 0 Å². The van der Waals surface area contributed by atoms with Gasteiger partial charge >= 0.3 is 6.03 Å². The lowest BCUT2D eigenvalue weighted by molar-refractivity contribution is 0.0955. The van der Waals surface area contributed by atoms with E-state index in [-0.39, 0.29) is 6.03 Å². The van der Waals surface area contributed by atoms with Crippen LogP contribution < -0.4 is 5.32 Å². The summed E-state index contributed by atoms with van der Waals surface area (Å²) in [6.07, 6.45) is 1.05. The first kappa shape index (κ1) is 22.1. The molecule has 0 bridgehead atoms. The van der Waals surface area contributed by atoms with Crippen molar-refractivity contribution in [3.63, 3.8) is 0 Å². The van der Waals surface area contributed by atoms with Gasteiger partial charge in [0.15, 0.2) is 0 Å². The molecule has 1 unspecified atom stereocenters. The first-order chi connectivity index (χ1) is 14.3. The van der Waals surface area contributed by atoms with Crippen LogP contribution in [-0.4, -0.2) is 48.1 Å². The van der Waals surface area contributed by atoms with E-state index in [2.05, 4.69) is 86.1 Å². The molecule has 2 aromatic carbocycles. The number of benzene rings is 2. The van der Waals surface area contributed by atoms with Crippen LogP contribution in [0.15, 0.2) is 61.2 Å². The summed E-state index contributed by atoms with van der Waals surface area (Å²) >= 11 is 0. The molecular formula is C26H35N3O. The summed E-state index contributed by atoms with van der Waals surface area (Å²) < 4.78 is 0. The monoisotopic (exact) mass is 405 g/mol. The molecule has 1 atom stereocenters. The fourth-order valence-electron chi connectivity index (χ4n) is 4.02. The van der Waals surface area contributed by atoms with Crippen LogP contribution in [-0.2, 0) is 12.0 Å². The van der Waals surface area contributed by atoms with Gasteiger partial charge in [0.2, 0.25) is 0 Å². The number of piperazine rings is 1. The van der Waals surface area contributed by atoms with Crippen molar-refractivity contribution in [1.82, 2.24) is 15.1 Å². The van der Waals surface area contributed by atoms with Gasteiger partial charge in [0.1, 0.15) is 0 Å². The van der Waals surface area contributed by atoms with E-state index in [0.717, 1.165) is 49.3 Å². The summed E-state index contributed by atoms with van der Waals surface area (Å²) in [6, 6.07) is 19.2. The van der Waals surface area contributed by atoms with Crippen LogP contribution in [0.4, 0.5) is 4.79 Å². The molecule has 2 aromatic rings. The van der Waals surface area contributed by atoms with Crippen LogP contribution in [0.25, 0.3) is 5.57 Å². The van der Waals surface area contributed by atoms with Gasteiger partial charge in [-0.25, -0.2) is 4.79 Å². The number of carbonyl (C=O) groups is 1. The van der Waals surface area contributed by atoms with Gasteiger partial charge in [0.05, 0.1) is 5.54 Å². The summed E-state index contributed by atoms with van der Waals surface area (Å²) in [6.45, 7) is 15.8. The molecule has 1 fully saturated rings. The van der Waals surface area contributed by atoms with Crippen molar-refractivity contribution in [2.45, 2.75) is 45.7 Å². The van der Waals surface area contributed by atoms with Gasteiger partial charge in [-0.3, -0.25) is 4.90 Å². The molecule has 1 saturated heterocycles. The Bertz CT molecular complexity index is 875. The van der Waals surface area contributed by atoms with Gasteiger partial charge in [-0.2, -0.15) is 0 Å². The minimum absolute atomic E-state index is 0.00953. The number of amides is 2. The first-order valence-electron chi connectivity index (χ1n) is 10.9. The predicted octanol–water partition coefficient (Wildman–Crippen LogP) is 4.91. The van der Waals surface area contributed by atoms with Crippen LogP contribution in [0.3, 0.4) is 0 Å². The Morgan fingerprint density at radius 1 is 1.13 bits per heavy atom. The highest BCUT2D eigenvalue weighted by Gasteiger charge is 2.30. The highest BCUT2D eigenvalue weighted by Crippen LogP contribution is 2.24. The van der Waals surface area contributed by atoms with E-state index in [1.165, 1.54) is 5.56 Å². The number of rotatable bonds is 6. The Labute approximate surface area is 181 Å². The molecule has 0 aromatic heterocycles. The quantitative estimate of drug-likeness (QED) is 0.741. The Kier molecular flexibility index (Phi) is 6.99. The molecule has 1 aliphatic rings. The Morgan fingerprint density at radius 3 is 2.53 bits per heavy atom. The summed E-state index contributed by atoms with van der Waals surface area (Å²) in [4.78, 5) is 17.5. The van der Waals surface area contributed by atoms with E-state index >= 15 is 0 Å². The van der Waals surface area contributed by atoms with Crippen molar-refractivity contribution in [2.24, 2.45) is 0 Å². The molecule has 1 heterocycles. The van der Waals surface area contributed by atoms with E-state index in [1.807, 2.05) is 17.9 Å². The summed E-state index contributed by atoms with van der Waals surface area (Å²) in [5.41, 5.74) is 4.14. The van der Waals surface area contributed by atoms with Gasteiger partial charge in [0, 0.05) is 32.2 Å². The SMILES string of the molecule is C=C(C)c1cccc(C(C)(C)NC(=O)N2CCN(CCc3ccccc3)C(C)C2)c1. The van der Waals surface area contributed by atoms with Crippen LogP contribution in [0.1, 0.15) is 44.4 Å². The van der Waals surface area contributed by atoms with Crippen molar-refractivity contribution < 1.29 is 4.79 Å². The van der Waals surface area contributed by atoms with E-state index in [9.17, 15) is 4.79 Å². The minimum Gasteiger partial charge on any atom is -0.329 e. The van der Waals surface area contributed by atoms with Crippen molar-refractivity contribution in [3.8, 4) is 0 Å². The zero-order valence-corrected chi connectivity index (χ0v) is 18.8. The number of nitrogens with zero attached hydrogens (tertiary/aromatic N) is 2. The smallest absolute Gasteiger partial charge is 0.318 e. The van der Waals surface area contributed by atoms with Crippen LogP contribution >= 0.6 is 0 Å². The molecule has 30 heavy (non-hydrogen) atoms. The maximum Gasteiger partial charge on any atom is 0.318 e. The van der Waals surface area contributed by atoms with Gasteiger partial charge in [0.25, 0.3) is 0 Å². The summed E-state index contributed by atoms with van der Waals surface area (Å²) in [5.74, 6) is 0. The molecule has 4 nitrogen and oxygen atoms in total. The van der Waals surface area contributed by atoms with E-state index < -0.39 is 5.54 Å². The standard InChI is InChI=1S/C26H35N3O/c1-20(2)23-12-9-13-24(18-23)26(4,5)27-25(30)29-17-16-28(21(3)19-29)15-14-22-10-7-6-8-11-22/h6-13,18,21H,1,14-17,19H2,2-5H3,(H,27,30). The number of carbonyl (C=O) groups excluding carboxylic acids is 1. The van der Waals surface area contributed by atoms with E-state index in [0.29, 0.717) is 6.04 Å². The number of allylic oxidation sites excluding steroid dienone is 1. The zero-order valence-electron chi connectivity index (χ0n) is 18.8. The second-order valence-electron chi connectivity index (χ2n) is 8.98. The highest BCUT2D eigenvalue weighted by molar-refractivity contribution is 5.75. The van der Waals surface area contributed by atoms with Crippen LogP contribution in [0.2, 0.25) is 0 Å². The van der Waals surface area contributed by atoms with Gasteiger partial charge in [-0.05, 0) is 56.9 Å². The molecular weight excluding hydrogens is 370 g/mol. The number of hydrogen-bond acceptors (Lipinski definition) is 2. The molecule has 2 amide bonds. The molecule has 1 N–H and O–H groups in total. The van der Waals surface area contributed by atoms with Gasteiger partial charge in [-0.15, -0.1) is 0 Å². The lowest BCUT2D eigenvalue weighted by Crippen LogP contribution is -2.58. The number of urea groups is 1. The highest BCUT2D eigenvalue weighted by atomic mass is 16.2. The number of nitrogens with one attached hydrogen (secondary N) is 1. The topological polar surface area (TPSA) is 35.6 Å². The molecule has 160 valence electrons. The molecule has 3 rings (SSSR count). The predicted molar refractivity (Wildman–Crippen MR) is 125 cm³/mol. The zero-order chi connectivity index (χ0) is 21.7. The average Bonchev–Trinajstić information content (AvgIpc) is 2.73. The maximum absolute atomic E-state index is 13.0. The molecule has 0 spiro atoms. The van der Waals surface area contributed by atoms with Crippen molar-refractivity contribution >= 4 is 11.6 Å². The third-order valence-corrected chi connectivity index (χ3v) is 6.08.